The summed E-state index contributed by atoms with van der Waals surface area (Å²) in [5.74, 6) is -0.148. The average Bonchev–Trinajstić information content (AvgIpc) is 2.49. The molecule has 1 saturated carbocycles. The van der Waals surface area contributed by atoms with Gasteiger partial charge in [-0.3, -0.25) is 4.79 Å². The molecule has 0 aromatic carbocycles. The van der Waals surface area contributed by atoms with Crippen molar-refractivity contribution in [2.75, 3.05) is 6.54 Å². The van der Waals surface area contributed by atoms with Crippen LogP contribution < -0.4 is 5.73 Å². The standard InChI is InChI=1S/C12H21NO3/c1-10(2,3)16-9(14)12-6-11(4,7-12)15-8(12)5-13/h8H,5-7,13H2,1-4H3. The molecule has 2 N–H and O–H groups in total. The number of esters is 1. The second-order valence-corrected chi connectivity index (χ2v) is 6.30. The van der Waals surface area contributed by atoms with Crippen molar-refractivity contribution in [3.8, 4) is 0 Å². The normalized spacial score (nSPS) is 41.7. The summed E-state index contributed by atoms with van der Waals surface area (Å²) in [5, 5.41) is 0. The highest BCUT2D eigenvalue weighted by Gasteiger charge is 2.70. The zero-order chi connectivity index (χ0) is 12.2. The Morgan fingerprint density at radius 2 is 2.06 bits per heavy atom. The zero-order valence-corrected chi connectivity index (χ0v) is 10.5. The molecule has 3 fully saturated rings. The maximum absolute atomic E-state index is 12.2. The van der Waals surface area contributed by atoms with Crippen molar-refractivity contribution < 1.29 is 14.3 Å². The molecule has 1 atom stereocenters. The van der Waals surface area contributed by atoms with Gasteiger partial charge in [0.2, 0.25) is 0 Å². The topological polar surface area (TPSA) is 61.5 Å². The Labute approximate surface area is 96.5 Å². The molecular formula is C12H21NO3. The first kappa shape index (κ1) is 11.9. The Balaban J connectivity index is 2.12. The Kier molecular flexibility index (Phi) is 2.37. The lowest BCUT2D eigenvalue weighted by molar-refractivity contribution is -0.173. The van der Waals surface area contributed by atoms with Crippen molar-refractivity contribution in [1.82, 2.24) is 0 Å². The number of fused-ring (bicyclic) bond motifs is 1. The smallest absolute Gasteiger partial charge is 0.315 e. The van der Waals surface area contributed by atoms with Crippen molar-refractivity contribution in [3.63, 3.8) is 0 Å². The maximum Gasteiger partial charge on any atom is 0.315 e. The minimum Gasteiger partial charge on any atom is -0.459 e. The fourth-order valence-electron chi connectivity index (χ4n) is 2.98. The molecule has 0 aromatic heterocycles. The lowest BCUT2D eigenvalue weighted by atomic mass is 9.60. The number of carbonyl (C=O) groups excluding carboxylic acids is 1. The summed E-state index contributed by atoms with van der Waals surface area (Å²) in [6.07, 6.45) is 1.32. The van der Waals surface area contributed by atoms with Crippen molar-refractivity contribution in [1.29, 1.82) is 0 Å². The predicted molar refractivity (Wildman–Crippen MR) is 59.8 cm³/mol. The highest BCUT2D eigenvalue weighted by Crippen LogP contribution is 2.61. The van der Waals surface area contributed by atoms with Crippen LogP contribution in [0.3, 0.4) is 0 Å². The summed E-state index contributed by atoms with van der Waals surface area (Å²) >= 11 is 0. The molecule has 0 amide bonds. The molecule has 2 heterocycles. The third-order valence-electron chi connectivity index (χ3n) is 3.44. The molecule has 1 unspecified atom stereocenters. The van der Waals surface area contributed by atoms with Crippen molar-refractivity contribution in [2.24, 2.45) is 11.1 Å². The molecule has 2 saturated heterocycles. The van der Waals surface area contributed by atoms with Crippen LogP contribution >= 0.6 is 0 Å². The molecule has 2 bridgehead atoms. The van der Waals surface area contributed by atoms with Gasteiger partial charge in [-0.15, -0.1) is 0 Å². The number of rotatable bonds is 2. The van der Waals surface area contributed by atoms with Crippen molar-refractivity contribution in [2.45, 2.75) is 57.8 Å². The lowest BCUT2D eigenvalue weighted by Gasteiger charge is -2.42. The molecule has 0 spiro atoms. The lowest BCUT2D eigenvalue weighted by Crippen LogP contribution is -2.52. The first-order chi connectivity index (χ1) is 7.21. The quantitative estimate of drug-likeness (QED) is 0.721. The molecule has 3 aliphatic rings. The Bertz CT molecular complexity index is 313. The van der Waals surface area contributed by atoms with Crippen LogP contribution in [0.1, 0.15) is 40.5 Å². The van der Waals surface area contributed by atoms with Crippen LogP contribution in [-0.4, -0.2) is 29.8 Å². The second kappa shape index (κ2) is 3.20. The summed E-state index contributed by atoms with van der Waals surface area (Å²) in [7, 11) is 0. The van der Waals surface area contributed by atoms with E-state index in [0.717, 1.165) is 12.8 Å². The SMILES string of the molecule is CC(C)(C)OC(=O)C12CC(C)(C1)OC2CN. The van der Waals surface area contributed by atoms with Gasteiger partial charge in [-0.2, -0.15) is 0 Å². The van der Waals surface area contributed by atoms with E-state index in [-0.39, 0.29) is 17.7 Å². The summed E-state index contributed by atoms with van der Waals surface area (Å²) < 4.78 is 11.3. The van der Waals surface area contributed by atoms with E-state index in [0.29, 0.717) is 6.54 Å². The maximum atomic E-state index is 12.2. The first-order valence-electron chi connectivity index (χ1n) is 5.82. The summed E-state index contributed by atoms with van der Waals surface area (Å²) in [4.78, 5) is 12.2. The van der Waals surface area contributed by atoms with Gasteiger partial charge < -0.3 is 15.2 Å². The molecule has 4 heteroatoms. The molecule has 3 rings (SSSR count). The number of nitrogens with two attached hydrogens (primary N) is 1. The van der Waals surface area contributed by atoms with Crippen LogP contribution in [0.25, 0.3) is 0 Å². The van der Waals surface area contributed by atoms with Crippen LogP contribution in [0.15, 0.2) is 0 Å². The van der Waals surface area contributed by atoms with Gasteiger partial charge in [0.05, 0.1) is 11.7 Å². The second-order valence-electron chi connectivity index (χ2n) is 6.30. The van der Waals surface area contributed by atoms with E-state index in [1.807, 2.05) is 27.7 Å². The fraction of sp³-hybridized carbons (Fsp3) is 0.917. The van der Waals surface area contributed by atoms with Crippen LogP contribution in [0.5, 0.6) is 0 Å². The van der Waals surface area contributed by atoms with Crippen LogP contribution in [0.4, 0.5) is 0 Å². The number of ether oxygens (including phenoxy) is 2. The van der Waals surface area contributed by atoms with E-state index in [1.54, 1.807) is 0 Å². The number of hydrogen-bond acceptors (Lipinski definition) is 4. The average molecular weight is 227 g/mol. The number of hydrogen-bond donors (Lipinski definition) is 1. The largest absolute Gasteiger partial charge is 0.459 e. The molecule has 16 heavy (non-hydrogen) atoms. The molecular weight excluding hydrogens is 206 g/mol. The van der Waals surface area contributed by atoms with Gasteiger partial charge in [-0.05, 0) is 40.5 Å². The third kappa shape index (κ3) is 1.64. The molecule has 92 valence electrons. The van der Waals surface area contributed by atoms with Gasteiger partial charge in [0.1, 0.15) is 11.0 Å². The molecule has 1 aliphatic carbocycles. The Morgan fingerprint density at radius 3 is 2.50 bits per heavy atom. The van der Waals surface area contributed by atoms with Crippen LogP contribution in [0, 0.1) is 5.41 Å². The zero-order valence-electron chi connectivity index (χ0n) is 10.5. The molecule has 2 aliphatic heterocycles. The van der Waals surface area contributed by atoms with E-state index in [1.165, 1.54) is 0 Å². The molecule has 0 aromatic rings. The van der Waals surface area contributed by atoms with E-state index < -0.39 is 11.0 Å². The van der Waals surface area contributed by atoms with Gasteiger partial charge in [-0.25, -0.2) is 0 Å². The van der Waals surface area contributed by atoms with Gasteiger partial charge in [0.15, 0.2) is 0 Å². The molecule has 0 radical (unpaired) electrons. The summed E-state index contributed by atoms with van der Waals surface area (Å²) in [6.45, 7) is 8.06. The minimum atomic E-state index is -0.475. The van der Waals surface area contributed by atoms with Gasteiger partial charge in [-0.1, -0.05) is 0 Å². The minimum absolute atomic E-state index is 0.148. The van der Waals surface area contributed by atoms with Crippen LogP contribution in [-0.2, 0) is 14.3 Å². The van der Waals surface area contributed by atoms with Gasteiger partial charge >= 0.3 is 5.97 Å². The predicted octanol–water partition coefficient (Wildman–Crippen LogP) is 1.22. The highest BCUT2D eigenvalue weighted by molar-refractivity contribution is 5.80. The Hall–Kier alpha value is -0.610. The molecule has 4 nitrogen and oxygen atoms in total. The van der Waals surface area contributed by atoms with Gasteiger partial charge in [0, 0.05) is 6.54 Å². The monoisotopic (exact) mass is 227 g/mol. The van der Waals surface area contributed by atoms with E-state index >= 15 is 0 Å². The van der Waals surface area contributed by atoms with Gasteiger partial charge in [0.25, 0.3) is 0 Å². The van der Waals surface area contributed by atoms with Crippen LogP contribution in [0.2, 0.25) is 0 Å². The highest BCUT2D eigenvalue weighted by atomic mass is 16.6. The van der Waals surface area contributed by atoms with E-state index in [9.17, 15) is 4.79 Å². The first-order valence-corrected chi connectivity index (χ1v) is 5.82. The summed E-state index contributed by atoms with van der Waals surface area (Å²) in [5.41, 5.74) is 4.59. The summed E-state index contributed by atoms with van der Waals surface area (Å²) in [6, 6.07) is 0. The van der Waals surface area contributed by atoms with E-state index in [4.69, 9.17) is 15.2 Å². The third-order valence-corrected chi connectivity index (χ3v) is 3.44. The number of carbonyl (C=O) groups is 1. The van der Waals surface area contributed by atoms with E-state index in [2.05, 4.69) is 0 Å². The van der Waals surface area contributed by atoms with Crippen molar-refractivity contribution in [3.05, 3.63) is 0 Å². The Morgan fingerprint density at radius 1 is 1.50 bits per heavy atom. The van der Waals surface area contributed by atoms with Crippen molar-refractivity contribution >= 4 is 5.97 Å². The fourth-order valence-corrected chi connectivity index (χ4v) is 2.98.